The summed E-state index contributed by atoms with van der Waals surface area (Å²) >= 11 is 8.02. The number of rotatable bonds is 5. The summed E-state index contributed by atoms with van der Waals surface area (Å²) < 4.78 is 7.72. The summed E-state index contributed by atoms with van der Waals surface area (Å²) in [4.78, 5) is 7.47. The molecule has 3 rings (SSSR count). The van der Waals surface area contributed by atoms with Crippen molar-refractivity contribution in [2.45, 2.75) is 39.0 Å². The molecule has 0 N–H and O–H groups in total. The van der Waals surface area contributed by atoms with Gasteiger partial charge in [-0.25, -0.2) is 4.98 Å². The van der Waals surface area contributed by atoms with Crippen LogP contribution in [0.5, 0.6) is 0 Å². The van der Waals surface area contributed by atoms with Crippen LogP contribution in [0.2, 0.25) is 25.7 Å². The third-order valence-corrected chi connectivity index (χ3v) is 6.75. The second-order valence-corrected chi connectivity index (χ2v) is 14.2. The quantitative estimate of drug-likeness (QED) is 0.423. The molecule has 0 atom stereocenters. The van der Waals surface area contributed by atoms with Crippen molar-refractivity contribution < 1.29 is 4.74 Å². The molecule has 0 unspecified atom stereocenters. The minimum absolute atomic E-state index is 0.486. The largest absolute Gasteiger partial charge is 0.361 e. The molecule has 0 amide bonds. The lowest BCUT2D eigenvalue weighted by Gasteiger charge is -2.18. The maximum absolute atomic E-state index is 6.32. The van der Waals surface area contributed by atoms with Crippen LogP contribution in [-0.4, -0.2) is 29.1 Å². The summed E-state index contributed by atoms with van der Waals surface area (Å²) in [7, 11) is -1.06. The predicted octanol–water partition coefficient (Wildman–Crippen LogP) is 4.62. The summed E-state index contributed by atoms with van der Waals surface area (Å²) in [5, 5.41) is 2.79. The van der Waals surface area contributed by atoms with Crippen molar-refractivity contribution in [3.8, 4) is 12.0 Å². The van der Waals surface area contributed by atoms with Crippen LogP contribution >= 0.6 is 22.9 Å². The van der Waals surface area contributed by atoms with E-state index in [0.717, 1.165) is 29.8 Å². The lowest BCUT2D eigenvalue weighted by Crippen LogP contribution is -2.22. The molecule has 0 fully saturated rings. The molecule has 0 radical (unpaired) electrons. The van der Waals surface area contributed by atoms with Gasteiger partial charge in [0.2, 0.25) is 0 Å². The third-order valence-electron chi connectivity index (χ3n) is 3.84. The minimum Gasteiger partial charge on any atom is -0.361 e. The van der Waals surface area contributed by atoms with Gasteiger partial charge in [0.25, 0.3) is 0 Å². The zero-order chi connectivity index (χ0) is 17.9. The minimum atomic E-state index is -1.06. The predicted molar refractivity (Wildman–Crippen MR) is 107 cm³/mol. The van der Waals surface area contributed by atoms with E-state index < -0.39 is 8.07 Å². The van der Waals surface area contributed by atoms with Gasteiger partial charge < -0.3 is 14.2 Å². The Hall–Kier alpha value is -1.52. The summed E-state index contributed by atoms with van der Waals surface area (Å²) in [6, 6.07) is 6.34. The summed E-state index contributed by atoms with van der Waals surface area (Å²) in [5.74, 6) is 3.82. The van der Waals surface area contributed by atoms with Crippen molar-refractivity contribution in [1.29, 1.82) is 0 Å². The Morgan fingerprint density at radius 2 is 2.24 bits per heavy atom. The average Bonchev–Trinajstić information content (AvgIpc) is 3.17. The van der Waals surface area contributed by atoms with E-state index in [1.165, 1.54) is 4.88 Å². The van der Waals surface area contributed by atoms with Gasteiger partial charge in [-0.2, -0.15) is 0 Å². The molecule has 132 valence electrons. The van der Waals surface area contributed by atoms with E-state index in [4.69, 9.17) is 16.3 Å². The molecule has 2 aromatic heterocycles. The molecule has 0 aromatic carbocycles. The van der Waals surface area contributed by atoms with Crippen LogP contribution in [0, 0.1) is 12.0 Å². The maximum atomic E-state index is 6.32. The first-order valence-electron chi connectivity index (χ1n) is 8.24. The van der Waals surface area contributed by atoms with Gasteiger partial charge in [-0.1, -0.05) is 31.2 Å². The molecule has 25 heavy (non-hydrogen) atoms. The lowest BCUT2D eigenvalue weighted by atomic mass is 10.2. The van der Waals surface area contributed by atoms with Gasteiger partial charge in [-0.3, -0.25) is 0 Å². The molecule has 0 saturated heterocycles. The fourth-order valence-electron chi connectivity index (χ4n) is 2.35. The second kappa shape index (κ2) is 7.79. The highest BCUT2D eigenvalue weighted by Gasteiger charge is 2.16. The Morgan fingerprint density at radius 3 is 3.04 bits per heavy atom. The highest BCUT2D eigenvalue weighted by Crippen LogP contribution is 2.32. The number of hydrogen-bond donors (Lipinski definition) is 0. The van der Waals surface area contributed by atoms with Crippen LogP contribution in [0.25, 0.3) is 5.03 Å². The summed E-state index contributed by atoms with van der Waals surface area (Å²) in [6.45, 7) is 9.07. The van der Waals surface area contributed by atoms with Crippen LogP contribution in [-0.2, 0) is 18.0 Å². The smallest absolute Gasteiger partial charge is 0.189 e. The van der Waals surface area contributed by atoms with Gasteiger partial charge >= 0.3 is 0 Å². The Balaban J connectivity index is 1.61. The monoisotopic (exact) mass is 391 g/mol. The number of thiophene rings is 1. The topological polar surface area (TPSA) is 30.3 Å². The standard InChI is InChI=1S/C18H22ClN3OSSi/c1-25(2,3)11-9-23-14-22-8-6-20-18(22)4-7-21-12-16(19)15-5-10-24-17(15)13-21/h5-6,8,10,12H,9,11,13-14H2,1-3H3. The van der Waals surface area contributed by atoms with Crippen molar-refractivity contribution >= 4 is 36.0 Å². The number of hydrogen-bond acceptors (Lipinski definition) is 4. The van der Waals surface area contributed by atoms with Gasteiger partial charge in [-0.05, 0) is 23.4 Å². The summed E-state index contributed by atoms with van der Waals surface area (Å²) in [6.07, 6.45) is 5.53. The van der Waals surface area contributed by atoms with Crippen molar-refractivity contribution in [2.24, 2.45) is 0 Å². The van der Waals surface area contributed by atoms with E-state index in [2.05, 4.69) is 42.0 Å². The average molecular weight is 392 g/mol. The third kappa shape index (κ3) is 4.99. The van der Waals surface area contributed by atoms with Gasteiger partial charge in [-0.15, -0.1) is 11.3 Å². The fourth-order valence-corrected chi connectivity index (χ4v) is 4.35. The van der Waals surface area contributed by atoms with Crippen LogP contribution in [0.15, 0.2) is 30.0 Å². The molecular weight excluding hydrogens is 370 g/mol. The van der Waals surface area contributed by atoms with E-state index >= 15 is 0 Å². The molecule has 3 heterocycles. The number of halogens is 1. The first-order valence-corrected chi connectivity index (χ1v) is 13.2. The Kier molecular flexibility index (Phi) is 5.70. The number of ether oxygens (including phenoxy) is 1. The normalized spacial score (nSPS) is 13.9. The van der Waals surface area contributed by atoms with E-state index in [9.17, 15) is 0 Å². The van der Waals surface area contributed by atoms with Gasteiger partial charge in [0.05, 0.1) is 11.6 Å². The van der Waals surface area contributed by atoms with Crippen LogP contribution in [0.1, 0.15) is 16.3 Å². The number of imidazole rings is 1. The van der Waals surface area contributed by atoms with E-state index in [1.54, 1.807) is 17.5 Å². The Labute approximate surface area is 159 Å². The maximum Gasteiger partial charge on any atom is 0.189 e. The lowest BCUT2D eigenvalue weighted by molar-refractivity contribution is 0.0866. The van der Waals surface area contributed by atoms with Gasteiger partial charge in [0.15, 0.2) is 5.82 Å². The van der Waals surface area contributed by atoms with E-state index in [0.29, 0.717) is 12.6 Å². The fraction of sp³-hybridized carbons (Fsp3) is 0.389. The molecular formula is C18H22ClN3OSSi. The molecule has 0 aliphatic carbocycles. The SMILES string of the molecule is C[Si](C)(C)CCOCn1ccnc1C#CN1C=C(Cl)c2ccsc2C1. The number of aromatic nitrogens is 2. The molecule has 1 aliphatic rings. The van der Waals surface area contributed by atoms with E-state index in [1.807, 2.05) is 27.9 Å². The highest BCUT2D eigenvalue weighted by molar-refractivity contribution is 7.10. The van der Waals surface area contributed by atoms with Crippen molar-refractivity contribution in [2.75, 3.05) is 6.61 Å². The zero-order valence-corrected chi connectivity index (χ0v) is 17.3. The Bertz CT molecular complexity index is 825. The van der Waals surface area contributed by atoms with Crippen LogP contribution in [0.3, 0.4) is 0 Å². The first kappa shape index (κ1) is 18.3. The number of fused-ring (bicyclic) bond motifs is 1. The molecule has 7 heteroatoms. The van der Waals surface area contributed by atoms with Crippen molar-refractivity contribution in [1.82, 2.24) is 14.5 Å². The van der Waals surface area contributed by atoms with Crippen LogP contribution < -0.4 is 0 Å². The van der Waals surface area contributed by atoms with Crippen LogP contribution in [0.4, 0.5) is 0 Å². The van der Waals surface area contributed by atoms with Gasteiger partial charge in [0.1, 0.15) is 6.73 Å². The molecule has 2 aromatic rings. The van der Waals surface area contributed by atoms with Crippen molar-refractivity contribution in [3.05, 3.63) is 46.3 Å². The highest BCUT2D eigenvalue weighted by atomic mass is 35.5. The molecule has 0 bridgehead atoms. The summed E-state index contributed by atoms with van der Waals surface area (Å²) in [5.41, 5.74) is 1.11. The number of nitrogens with zero attached hydrogens (tertiary/aromatic N) is 3. The van der Waals surface area contributed by atoms with E-state index in [-0.39, 0.29) is 0 Å². The second-order valence-electron chi connectivity index (χ2n) is 7.17. The van der Waals surface area contributed by atoms with Gasteiger partial charge in [0, 0.05) is 49.8 Å². The molecule has 1 aliphatic heterocycles. The molecule has 0 saturated carbocycles. The first-order chi connectivity index (χ1) is 11.9. The van der Waals surface area contributed by atoms with Crippen molar-refractivity contribution in [3.63, 3.8) is 0 Å². The molecule has 4 nitrogen and oxygen atoms in total. The molecule has 0 spiro atoms. The zero-order valence-electron chi connectivity index (χ0n) is 14.8. The Morgan fingerprint density at radius 1 is 1.40 bits per heavy atom.